The van der Waals surface area contributed by atoms with Crippen LogP contribution in [0, 0.1) is 13.8 Å². The molecule has 1 fully saturated rings. The summed E-state index contributed by atoms with van der Waals surface area (Å²) in [4.78, 5) is 57.0. The standard InChI is InChI=1S/C32H39N5O4/c1-22-7-6-10-27(23(22)2)28-20-35(32(41)37(31(28)40)18-14-33-3)21-30(39)34-15-12-26(13-16-34)36-17-11-24-8-4-5-9-25(24)19-29(36)38/h4-10,20,26,33H,11-19,21H2,1-3H3. The number of hydrogen-bond acceptors (Lipinski definition) is 5. The average molecular weight is 558 g/mol. The highest BCUT2D eigenvalue weighted by molar-refractivity contribution is 5.80. The van der Waals surface area contributed by atoms with Crippen molar-refractivity contribution in [3.8, 4) is 11.1 Å². The number of carbonyl (C=O) groups excluding carboxylic acids is 2. The number of carbonyl (C=O) groups is 2. The molecule has 0 saturated carbocycles. The van der Waals surface area contributed by atoms with Crippen LogP contribution in [0.15, 0.2) is 58.3 Å². The largest absolute Gasteiger partial charge is 0.341 e. The maximum atomic E-state index is 13.4. The Bertz CT molecular complexity index is 1560. The number of aryl methyl sites for hydroxylation is 1. The molecule has 2 amide bonds. The lowest BCUT2D eigenvalue weighted by Gasteiger charge is -2.38. The third kappa shape index (κ3) is 5.91. The Morgan fingerprint density at radius 2 is 1.66 bits per heavy atom. The number of hydrogen-bond donors (Lipinski definition) is 1. The molecule has 0 aliphatic carbocycles. The summed E-state index contributed by atoms with van der Waals surface area (Å²) < 4.78 is 2.59. The van der Waals surface area contributed by atoms with Crippen molar-refractivity contribution in [2.24, 2.45) is 0 Å². The van der Waals surface area contributed by atoms with Crippen molar-refractivity contribution < 1.29 is 9.59 Å². The third-order valence-electron chi connectivity index (χ3n) is 8.68. The van der Waals surface area contributed by atoms with Gasteiger partial charge in [0.15, 0.2) is 0 Å². The number of benzene rings is 2. The normalized spacial score (nSPS) is 16.0. The molecule has 1 aromatic heterocycles. The first kappa shape index (κ1) is 28.5. The molecule has 2 aliphatic heterocycles. The first-order chi connectivity index (χ1) is 19.8. The van der Waals surface area contributed by atoms with E-state index in [0.29, 0.717) is 51.0 Å². The molecule has 0 unspecified atom stereocenters. The van der Waals surface area contributed by atoms with E-state index in [0.717, 1.165) is 28.7 Å². The van der Waals surface area contributed by atoms with E-state index in [9.17, 15) is 19.2 Å². The summed E-state index contributed by atoms with van der Waals surface area (Å²) in [5.74, 6) is -0.0139. The van der Waals surface area contributed by atoms with Gasteiger partial charge in [-0.15, -0.1) is 0 Å². The molecule has 1 N–H and O–H groups in total. The molecule has 0 radical (unpaired) electrons. The predicted molar refractivity (Wildman–Crippen MR) is 159 cm³/mol. The van der Waals surface area contributed by atoms with Gasteiger partial charge in [0.05, 0.1) is 12.0 Å². The fraction of sp³-hybridized carbons (Fsp3) is 0.438. The zero-order valence-electron chi connectivity index (χ0n) is 24.2. The van der Waals surface area contributed by atoms with E-state index in [1.807, 2.05) is 55.1 Å². The number of nitrogens with zero attached hydrogens (tertiary/aromatic N) is 4. The van der Waals surface area contributed by atoms with Crippen molar-refractivity contribution in [2.75, 3.05) is 33.2 Å². The lowest BCUT2D eigenvalue weighted by molar-refractivity contribution is -0.136. The van der Waals surface area contributed by atoms with Gasteiger partial charge in [0.2, 0.25) is 11.8 Å². The van der Waals surface area contributed by atoms with Gasteiger partial charge in [0, 0.05) is 45.0 Å². The number of fused-ring (bicyclic) bond motifs is 1. The van der Waals surface area contributed by atoms with E-state index < -0.39 is 5.69 Å². The van der Waals surface area contributed by atoms with Gasteiger partial charge < -0.3 is 15.1 Å². The third-order valence-corrected chi connectivity index (χ3v) is 8.68. The summed E-state index contributed by atoms with van der Waals surface area (Å²) >= 11 is 0. The van der Waals surface area contributed by atoms with Crippen LogP contribution in [0.1, 0.15) is 35.1 Å². The van der Waals surface area contributed by atoms with Crippen molar-refractivity contribution >= 4 is 11.8 Å². The van der Waals surface area contributed by atoms with Gasteiger partial charge in [-0.3, -0.25) is 23.5 Å². The summed E-state index contributed by atoms with van der Waals surface area (Å²) in [6.07, 6.45) is 4.22. The number of piperidine rings is 1. The molecule has 2 aromatic carbocycles. The van der Waals surface area contributed by atoms with E-state index in [1.54, 1.807) is 18.1 Å². The van der Waals surface area contributed by atoms with Gasteiger partial charge in [0.25, 0.3) is 5.56 Å². The second kappa shape index (κ2) is 12.3. The highest BCUT2D eigenvalue weighted by Crippen LogP contribution is 2.24. The van der Waals surface area contributed by atoms with E-state index in [-0.39, 0.29) is 36.5 Å². The molecule has 3 aromatic rings. The maximum absolute atomic E-state index is 13.4. The SMILES string of the molecule is CNCCn1c(=O)c(-c2cccc(C)c2C)cn(CC(=O)N2CCC(N3CCc4ccccc4CC3=O)CC2)c1=O. The summed E-state index contributed by atoms with van der Waals surface area (Å²) in [5.41, 5.74) is 4.69. The molecule has 5 rings (SSSR count). The highest BCUT2D eigenvalue weighted by atomic mass is 16.2. The van der Waals surface area contributed by atoms with E-state index in [2.05, 4.69) is 11.4 Å². The first-order valence-electron chi connectivity index (χ1n) is 14.5. The molecule has 2 aliphatic rings. The molecule has 3 heterocycles. The van der Waals surface area contributed by atoms with Gasteiger partial charge in [-0.25, -0.2) is 4.79 Å². The van der Waals surface area contributed by atoms with Crippen molar-refractivity contribution in [2.45, 2.75) is 58.7 Å². The van der Waals surface area contributed by atoms with E-state index in [1.165, 1.54) is 14.7 Å². The minimum Gasteiger partial charge on any atom is -0.341 e. The number of amides is 2. The molecular weight excluding hydrogens is 518 g/mol. The monoisotopic (exact) mass is 557 g/mol. The van der Waals surface area contributed by atoms with Crippen LogP contribution in [0.4, 0.5) is 0 Å². The molecule has 0 atom stereocenters. The summed E-state index contributed by atoms with van der Waals surface area (Å²) in [6, 6.07) is 14.0. The quantitative estimate of drug-likeness (QED) is 0.480. The Kier molecular flexibility index (Phi) is 8.54. The van der Waals surface area contributed by atoms with Crippen LogP contribution in [0.3, 0.4) is 0 Å². The molecule has 0 bridgehead atoms. The number of nitrogens with one attached hydrogen (secondary N) is 1. The lowest BCUT2D eigenvalue weighted by atomic mass is 9.99. The lowest BCUT2D eigenvalue weighted by Crippen LogP contribution is -2.50. The fourth-order valence-electron chi connectivity index (χ4n) is 6.08. The Labute approximate surface area is 240 Å². The molecule has 0 spiro atoms. The Balaban J connectivity index is 1.32. The van der Waals surface area contributed by atoms with Crippen LogP contribution in [-0.4, -0.2) is 70.0 Å². The molecular formula is C32H39N5O4. The second-order valence-electron chi connectivity index (χ2n) is 11.2. The molecule has 41 heavy (non-hydrogen) atoms. The zero-order chi connectivity index (χ0) is 29.1. The van der Waals surface area contributed by atoms with E-state index >= 15 is 0 Å². The van der Waals surface area contributed by atoms with E-state index in [4.69, 9.17) is 0 Å². The van der Waals surface area contributed by atoms with Crippen LogP contribution < -0.4 is 16.6 Å². The Hall–Kier alpha value is -3.98. The first-order valence-corrected chi connectivity index (χ1v) is 14.5. The molecule has 216 valence electrons. The van der Waals surface area contributed by atoms with Gasteiger partial charge in [-0.2, -0.15) is 0 Å². The zero-order valence-corrected chi connectivity index (χ0v) is 24.2. The van der Waals surface area contributed by atoms with Gasteiger partial charge in [-0.1, -0.05) is 42.5 Å². The molecule has 9 heteroatoms. The summed E-state index contributed by atoms with van der Waals surface area (Å²) in [7, 11) is 1.77. The van der Waals surface area contributed by atoms with Crippen molar-refractivity contribution in [1.29, 1.82) is 0 Å². The minimum absolute atomic E-state index is 0.0999. The van der Waals surface area contributed by atoms with Crippen molar-refractivity contribution in [3.05, 3.63) is 91.8 Å². The topological polar surface area (TPSA) is 96.7 Å². The van der Waals surface area contributed by atoms with Crippen LogP contribution >= 0.6 is 0 Å². The minimum atomic E-state index is -0.489. The fourth-order valence-corrected chi connectivity index (χ4v) is 6.08. The van der Waals surface area contributed by atoms with Gasteiger partial charge in [0.1, 0.15) is 6.54 Å². The smallest absolute Gasteiger partial charge is 0.331 e. The number of likely N-dealkylation sites (tertiary alicyclic amines) is 1. The number of likely N-dealkylation sites (N-methyl/N-ethyl adjacent to an activating group) is 1. The van der Waals surface area contributed by atoms with Crippen LogP contribution in [-0.2, 0) is 35.5 Å². The maximum Gasteiger partial charge on any atom is 0.331 e. The van der Waals surface area contributed by atoms with Crippen molar-refractivity contribution in [1.82, 2.24) is 24.3 Å². The Morgan fingerprint density at radius 3 is 2.39 bits per heavy atom. The van der Waals surface area contributed by atoms with Gasteiger partial charge >= 0.3 is 5.69 Å². The number of rotatable bonds is 7. The Morgan fingerprint density at radius 1 is 0.927 bits per heavy atom. The van der Waals surface area contributed by atoms with Crippen molar-refractivity contribution in [3.63, 3.8) is 0 Å². The van der Waals surface area contributed by atoms with Crippen LogP contribution in [0.2, 0.25) is 0 Å². The average Bonchev–Trinajstić information content (AvgIpc) is 3.14. The molecule has 9 nitrogen and oxygen atoms in total. The van der Waals surface area contributed by atoms with Gasteiger partial charge in [-0.05, 0) is 68.0 Å². The second-order valence-corrected chi connectivity index (χ2v) is 11.2. The van der Waals surface area contributed by atoms with Crippen LogP contribution in [0.25, 0.3) is 11.1 Å². The predicted octanol–water partition coefficient (Wildman–Crippen LogP) is 2.13. The number of aromatic nitrogens is 2. The molecule has 1 saturated heterocycles. The highest BCUT2D eigenvalue weighted by Gasteiger charge is 2.31. The summed E-state index contributed by atoms with van der Waals surface area (Å²) in [6.45, 7) is 6.21. The van der Waals surface area contributed by atoms with Crippen LogP contribution in [0.5, 0.6) is 0 Å². The summed E-state index contributed by atoms with van der Waals surface area (Å²) in [5, 5.41) is 2.99.